The number of hydrogen-bond acceptors (Lipinski definition) is 7. The number of aliphatic hydroxyl groups excluding tert-OH is 1. The molecule has 0 amide bonds. The van der Waals surface area contributed by atoms with Crippen molar-refractivity contribution in [2.45, 2.75) is 32.3 Å². The molecule has 7 nitrogen and oxygen atoms in total. The lowest BCUT2D eigenvalue weighted by molar-refractivity contribution is 0.153. The monoisotopic (exact) mass is 280 g/mol. The molecule has 1 fully saturated rings. The average Bonchev–Trinajstić information content (AvgIpc) is 2.44. The Balaban J connectivity index is 2.23. The van der Waals surface area contributed by atoms with Crippen molar-refractivity contribution in [3.8, 4) is 0 Å². The summed E-state index contributed by atoms with van der Waals surface area (Å²) in [5.74, 6) is 1.87. The van der Waals surface area contributed by atoms with E-state index in [1.54, 1.807) is 0 Å². The number of aliphatic hydroxyl groups is 1. The summed E-state index contributed by atoms with van der Waals surface area (Å²) in [6, 6.07) is 0. The second-order valence-corrected chi connectivity index (χ2v) is 5.32. The molecule has 0 spiro atoms. The van der Waals surface area contributed by atoms with E-state index >= 15 is 0 Å². The van der Waals surface area contributed by atoms with Crippen molar-refractivity contribution in [3.05, 3.63) is 0 Å². The zero-order valence-corrected chi connectivity index (χ0v) is 12.5. The third-order valence-electron chi connectivity index (χ3n) is 3.22. The first-order chi connectivity index (χ1) is 9.60. The van der Waals surface area contributed by atoms with E-state index in [4.69, 9.17) is 0 Å². The summed E-state index contributed by atoms with van der Waals surface area (Å²) in [6.07, 6.45) is 2.53. The van der Waals surface area contributed by atoms with Crippen LogP contribution in [0.4, 0.5) is 17.8 Å². The molecule has 0 saturated carbocycles. The maximum absolute atomic E-state index is 9.79. The molecular weight excluding hydrogens is 256 g/mol. The minimum atomic E-state index is -0.296. The van der Waals surface area contributed by atoms with Crippen molar-refractivity contribution in [2.24, 2.45) is 0 Å². The van der Waals surface area contributed by atoms with Gasteiger partial charge in [-0.3, -0.25) is 0 Å². The summed E-state index contributed by atoms with van der Waals surface area (Å²) in [7, 11) is 3.82. The summed E-state index contributed by atoms with van der Waals surface area (Å²) >= 11 is 0. The van der Waals surface area contributed by atoms with Crippen molar-refractivity contribution in [1.29, 1.82) is 0 Å². The van der Waals surface area contributed by atoms with E-state index in [1.807, 2.05) is 23.9 Å². The van der Waals surface area contributed by atoms with Gasteiger partial charge in [0, 0.05) is 33.7 Å². The molecule has 1 aliphatic heterocycles. The highest BCUT2D eigenvalue weighted by Gasteiger charge is 2.21. The third kappa shape index (κ3) is 3.69. The summed E-state index contributed by atoms with van der Waals surface area (Å²) in [5.41, 5.74) is 0. The van der Waals surface area contributed by atoms with Crippen LogP contribution in [0.1, 0.15) is 26.2 Å². The lowest BCUT2D eigenvalue weighted by Gasteiger charge is -2.30. The molecule has 0 aliphatic carbocycles. The van der Waals surface area contributed by atoms with Crippen LogP contribution in [-0.2, 0) is 0 Å². The molecule has 1 unspecified atom stereocenters. The molecule has 0 radical (unpaired) electrons. The molecule has 0 aromatic carbocycles. The highest BCUT2D eigenvalue weighted by molar-refractivity contribution is 5.44. The normalized spacial score (nSPS) is 19.0. The van der Waals surface area contributed by atoms with E-state index in [0.29, 0.717) is 24.4 Å². The second-order valence-electron chi connectivity index (χ2n) is 5.32. The zero-order chi connectivity index (χ0) is 14.5. The molecule has 20 heavy (non-hydrogen) atoms. The van der Waals surface area contributed by atoms with E-state index in [1.165, 1.54) is 0 Å². The van der Waals surface area contributed by atoms with Gasteiger partial charge in [0.15, 0.2) is 0 Å². The minimum Gasteiger partial charge on any atom is -0.391 e. The van der Waals surface area contributed by atoms with E-state index in [0.717, 1.165) is 32.4 Å². The molecule has 2 N–H and O–H groups in total. The van der Waals surface area contributed by atoms with Gasteiger partial charge < -0.3 is 20.2 Å². The van der Waals surface area contributed by atoms with Crippen molar-refractivity contribution < 1.29 is 5.11 Å². The van der Waals surface area contributed by atoms with Gasteiger partial charge in [0.1, 0.15) is 0 Å². The molecule has 1 saturated heterocycles. The molecule has 1 aromatic rings. The second kappa shape index (κ2) is 6.69. The smallest absolute Gasteiger partial charge is 0.232 e. The number of nitrogens with one attached hydrogen (secondary N) is 1. The van der Waals surface area contributed by atoms with Gasteiger partial charge in [-0.25, -0.2) is 0 Å². The van der Waals surface area contributed by atoms with Gasteiger partial charge in [0.25, 0.3) is 0 Å². The highest BCUT2D eigenvalue weighted by atomic mass is 16.3. The van der Waals surface area contributed by atoms with Crippen LogP contribution in [0.2, 0.25) is 0 Å². The lowest BCUT2D eigenvalue weighted by atomic mass is 10.1. The summed E-state index contributed by atoms with van der Waals surface area (Å²) in [6.45, 7) is 4.40. The van der Waals surface area contributed by atoms with Crippen LogP contribution >= 0.6 is 0 Å². The summed E-state index contributed by atoms with van der Waals surface area (Å²) < 4.78 is 0. The number of hydrogen-bond donors (Lipinski definition) is 2. The van der Waals surface area contributed by atoms with Crippen molar-refractivity contribution >= 4 is 17.8 Å². The Hall–Kier alpha value is -1.63. The fourth-order valence-electron chi connectivity index (χ4n) is 2.15. The number of nitrogens with zero attached hydrogens (tertiary/aromatic N) is 5. The van der Waals surface area contributed by atoms with Gasteiger partial charge in [-0.2, -0.15) is 15.0 Å². The Labute approximate surface area is 120 Å². The van der Waals surface area contributed by atoms with Crippen LogP contribution in [0.15, 0.2) is 0 Å². The van der Waals surface area contributed by atoms with Crippen LogP contribution < -0.4 is 15.1 Å². The fraction of sp³-hybridized carbons (Fsp3) is 0.769. The van der Waals surface area contributed by atoms with Crippen LogP contribution in [-0.4, -0.2) is 59.9 Å². The molecule has 0 bridgehead atoms. The molecular formula is C13H24N6O. The quantitative estimate of drug-likeness (QED) is 0.823. The van der Waals surface area contributed by atoms with Crippen molar-refractivity contribution in [2.75, 3.05) is 48.8 Å². The van der Waals surface area contributed by atoms with Gasteiger partial charge in [0.05, 0.1) is 6.10 Å². The van der Waals surface area contributed by atoms with E-state index in [-0.39, 0.29) is 6.10 Å². The topological polar surface area (TPSA) is 77.4 Å². The molecule has 112 valence electrons. The summed E-state index contributed by atoms with van der Waals surface area (Å²) in [4.78, 5) is 17.2. The molecule has 2 heterocycles. The lowest BCUT2D eigenvalue weighted by Crippen LogP contribution is -2.39. The van der Waals surface area contributed by atoms with Gasteiger partial charge in [-0.1, -0.05) is 6.92 Å². The molecule has 1 aliphatic rings. The number of aromatic nitrogens is 3. The Morgan fingerprint density at radius 1 is 1.35 bits per heavy atom. The maximum atomic E-state index is 9.79. The first-order valence-corrected chi connectivity index (χ1v) is 7.20. The first-order valence-electron chi connectivity index (χ1n) is 7.20. The van der Waals surface area contributed by atoms with Crippen molar-refractivity contribution in [1.82, 2.24) is 15.0 Å². The standard InChI is InChI=1S/C13H24N6O/c1-4-7-14-11-15-12(18(2)3)17-13(16-11)19-8-5-6-10(20)9-19/h10,20H,4-9H2,1-3H3,(H,14,15,16,17). The molecule has 1 aromatic heterocycles. The SMILES string of the molecule is CCCNc1nc(N(C)C)nc(N2CCCC(O)C2)n1. The molecule has 2 rings (SSSR count). The van der Waals surface area contributed by atoms with Gasteiger partial charge in [-0.15, -0.1) is 0 Å². The average molecular weight is 280 g/mol. The molecule has 7 heteroatoms. The Morgan fingerprint density at radius 2 is 2.15 bits per heavy atom. The Bertz CT molecular complexity index is 439. The van der Waals surface area contributed by atoms with Crippen LogP contribution in [0.25, 0.3) is 0 Å². The highest BCUT2D eigenvalue weighted by Crippen LogP contribution is 2.19. The van der Waals surface area contributed by atoms with E-state index in [9.17, 15) is 5.11 Å². The molecule has 1 atom stereocenters. The van der Waals surface area contributed by atoms with E-state index in [2.05, 4.69) is 27.2 Å². The van der Waals surface area contributed by atoms with Crippen molar-refractivity contribution in [3.63, 3.8) is 0 Å². The zero-order valence-electron chi connectivity index (χ0n) is 12.5. The number of β-amino-alcohol motifs (C(OH)–C–C–N with tert-alkyl or cyclic N) is 1. The van der Waals surface area contributed by atoms with Crippen LogP contribution in [0.3, 0.4) is 0 Å². The van der Waals surface area contributed by atoms with Gasteiger partial charge in [-0.05, 0) is 19.3 Å². The third-order valence-corrected chi connectivity index (χ3v) is 3.22. The fourth-order valence-corrected chi connectivity index (χ4v) is 2.15. The number of piperidine rings is 1. The van der Waals surface area contributed by atoms with Crippen LogP contribution in [0, 0.1) is 0 Å². The van der Waals surface area contributed by atoms with E-state index < -0.39 is 0 Å². The maximum Gasteiger partial charge on any atom is 0.232 e. The van der Waals surface area contributed by atoms with Crippen LogP contribution in [0.5, 0.6) is 0 Å². The number of rotatable bonds is 5. The van der Waals surface area contributed by atoms with Gasteiger partial charge >= 0.3 is 0 Å². The largest absolute Gasteiger partial charge is 0.391 e. The predicted molar refractivity (Wildman–Crippen MR) is 80.4 cm³/mol. The Kier molecular flexibility index (Phi) is 4.94. The Morgan fingerprint density at radius 3 is 2.80 bits per heavy atom. The predicted octanol–water partition coefficient (Wildman–Crippen LogP) is 0.721. The minimum absolute atomic E-state index is 0.296. The number of anilines is 3. The van der Waals surface area contributed by atoms with Gasteiger partial charge in [0.2, 0.25) is 17.8 Å². The first kappa shape index (κ1) is 14.8. The summed E-state index contributed by atoms with van der Waals surface area (Å²) in [5, 5.41) is 13.0.